The second kappa shape index (κ2) is 7.36. The Balaban J connectivity index is 1.69. The lowest BCUT2D eigenvalue weighted by Gasteiger charge is -2.12. The van der Waals surface area contributed by atoms with E-state index in [9.17, 15) is 0 Å². The highest BCUT2D eigenvalue weighted by atomic mass is 16.5. The van der Waals surface area contributed by atoms with Crippen LogP contribution in [0.5, 0.6) is 11.8 Å². The van der Waals surface area contributed by atoms with Crippen molar-refractivity contribution in [2.24, 2.45) is 0 Å². The van der Waals surface area contributed by atoms with Crippen molar-refractivity contribution < 1.29 is 9.47 Å². The standard InChI is InChI=1S/C17H17N5O2/c1-12-2-4-13(5-3-12)15-16(18)21-11-22-17(15)24-9-8-23-14-10-19-6-7-20-14/h2-7,10-11H,8-9H2,1H3,(H2,18,21,22). The normalized spacial score (nSPS) is 10.4. The first-order valence-electron chi connectivity index (χ1n) is 7.43. The summed E-state index contributed by atoms with van der Waals surface area (Å²) in [5.74, 6) is 1.25. The van der Waals surface area contributed by atoms with Gasteiger partial charge >= 0.3 is 0 Å². The average molecular weight is 323 g/mol. The molecule has 1 aromatic carbocycles. The molecule has 0 aliphatic heterocycles. The highest BCUT2D eigenvalue weighted by Crippen LogP contribution is 2.32. The summed E-state index contributed by atoms with van der Waals surface area (Å²) in [5.41, 5.74) is 8.75. The maximum atomic E-state index is 6.01. The fourth-order valence-electron chi connectivity index (χ4n) is 2.13. The molecule has 24 heavy (non-hydrogen) atoms. The molecule has 0 saturated heterocycles. The van der Waals surface area contributed by atoms with E-state index < -0.39 is 0 Å². The van der Waals surface area contributed by atoms with Gasteiger partial charge in [-0.3, -0.25) is 4.98 Å². The van der Waals surface area contributed by atoms with E-state index in [2.05, 4.69) is 19.9 Å². The van der Waals surface area contributed by atoms with E-state index in [0.29, 0.717) is 36.4 Å². The van der Waals surface area contributed by atoms with Crippen molar-refractivity contribution in [1.29, 1.82) is 0 Å². The van der Waals surface area contributed by atoms with Gasteiger partial charge < -0.3 is 15.2 Å². The molecule has 0 bridgehead atoms. The molecule has 0 aliphatic carbocycles. The minimum absolute atomic E-state index is 0.298. The molecule has 0 radical (unpaired) electrons. The van der Waals surface area contributed by atoms with Gasteiger partial charge in [-0.25, -0.2) is 15.0 Å². The quantitative estimate of drug-likeness (QED) is 0.695. The molecule has 0 unspecified atom stereocenters. The van der Waals surface area contributed by atoms with E-state index in [4.69, 9.17) is 15.2 Å². The van der Waals surface area contributed by atoms with Gasteiger partial charge in [0.1, 0.15) is 25.4 Å². The molecule has 2 N–H and O–H groups in total. The summed E-state index contributed by atoms with van der Waals surface area (Å²) in [6.45, 7) is 2.64. The Morgan fingerprint density at radius 2 is 1.75 bits per heavy atom. The van der Waals surface area contributed by atoms with Gasteiger partial charge in [-0.2, -0.15) is 0 Å². The number of ether oxygens (including phenoxy) is 2. The summed E-state index contributed by atoms with van der Waals surface area (Å²) in [6, 6.07) is 7.94. The topological polar surface area (TPSA) is 96.0 Å². The molecule has 2 aromatic heterocycles. The van der Waals surface area contributed by atoms with Gasteiger partial charge in [0, 0.05) is 12.4 Å². The van der Waals surface area contributed by atoms with Crippen molar-refractivity contribution in [3.63, 3.8) is 0 Å². The zero-order chi connectivity index (χ0) is 16.8. The number of hydrogen-bond donors (Lipinski definition) is 1. The Labute approximate surface area is 139 Å². The van der Waals surface area contributed by atoms with Crippen LogP contribution in [-0.4, -0.2) is 33.1 Å². The summed E-state index contributed by atoms with van der Waals surface area (Å²) in [7, 11) is 0. The van der Waals surface area contributed by atoms with E-state index in [0.717, 1.165) is 11.1 Å². The van der Waals surface area contributed by atoms with Crippen LogP contribution in [0.1, 0.15) is 5.56 Å². The van der Waals surface area contributed by atoms with Crippen LogP contribution in [-0.2, 0) is 0 Å². The van der Waals surface area contributed by atoms with Gasteiger partial charge in [0.2, 0.25) is 11.8 Å². The van der Waals surface area contributed by atoms with Crippen molar-refractivity contribution in [3.8, 4) is 22.9 Å². The largest absolute Gasteiger partial charge is 0.473 e. The monoisotopic (exact) mass is 323 g/mol. The third kappa shape index (κ3) is 3.75. The molecule has 0 saturated carbocycles. The second-order valence-corrected chi connectivity index (χ2v) is 5.05. The minimum Gasteiger partial charge on any atom is -0.473 e. The van der Waals surface area contributed by atoms with Crippen LogP contribution in [0.25, 0.3) is 11.1 Å². The molecule has 2 heterocycles. The Bertz CT molecular complexity index is 794. The molecule has 0 amide bonds. The first-order chi connectivity index (χ1) is 11.7. The number of nitrogens with two attached hydrogens (primary N) is 1. The molecule has 7 heteroatoms. The van der Waals surface area contributed by atoms with Crippen LogP contribution >= 0.6 is 0 Å². The number of nitrogens with zero attached hydrogens (tertiary/aromatic N) is 4. The maximum Gasteiger partial charge on any atom is 0.232 e. The SMILES string of the molecule is Cc1ccc(-c2c(N)ncnc2OCCOc2cnccn2)cc1. The molecular formula is C17H17N5O2. The van der Waals surface area contributed by atoms with E-state index in [1.165, 1.54) is 6.33 Å². The average Bonchev–Trinajstić information content (AvgIpc) is 2.61. The maximum absolute atomic E-state index is 6.01. The molecule has 7 nitrogen and oxygen atoms in total. The second-order valence-electron chi connectivity index (χ2n) is 5.05. The molecular weight excluding hydrogens is 306 g/mol. The first kappa shape index (κ1) is 15.7. The Morgan fingerprint density at radius 1 is 0.958 bits per heavy atom. The van der Waals surface area contributed by atoms with Crippen molar-refractivity contribution in [2.45, 2.75) is 6.92 Å². The molecule has 0 atom stereocenters. The predicted octanol–water partition coefficient (Wildman–Crippen LogP) is 2.28. The molecule has 0 fully saturated rings. The van der Waals surface area contributed by atoms with Crippen molar-refractivity contribution in [2.75, 3.05) is 18.9 Å². The molecule has 0 spiro atoms. The smallest absolute Gasteiger partial charge is 0.232 e. The number of aryl methyl sites for hydroxylation is 1. The van der Waals surface area contributed by atoms with Crippen molar-refractivity contribution >= 4 is 5.82 Å². The molecule has 122 valence electrons. The number of benzene rings is 1. The van der Waals surface area contributed by atoms with Crippen LogP contribution < -0.4 is 15.2 Å². The summed E-state index contributed by atoms with van der Waals surface area (Å²) in [5, 5.41) is 0. The first-order valence-corrected chi connectivity index (χ1v) is 7.43. The van der Waals surface area contributed by atoms with E-state index in [-0.39, 0.29) is 0 Å². The lowest BCUT2D eigenvalue weighted by atomic mass is 10.1. The summed E-state index contributed by atoms with van der Waals surface area (Å²) in [6.07, 6.45) is 6.07. The van der Waals surface area contributed by atoms with Gasteiger partial charge in [0.05, 0.1) is 11.8 Å². The van der Waals surface area contributed by atoms with Crippen LogP contribution in [0.4, 0.5) is 5.82 Å². The van der Waals surface area contributed by atoms with Crippen LogP contribution in [0.3, 0.4) is 0 Å². The highest BCUT2D eigenvalue weighted by molar-refractivity contribution is 5.78. The summed E-state index contributed by atoms with van der Waals surface area (Å²) >= 11 is 0. The lowest BCUT2D eigenvalue weighted by Crippen LogP contribution is -2.11. The Hall–Kier alpha value is -3.22. The van der Waals surface area contributed by atoms with Crippen LogP contribution in [0.2, 0.25) is 0 Å². The summed E-state index contributed by atoms with van der Waals surface area (Å²) < 4.78 is 11.2. The van der Waals surface area contributed by atoms with E-state index >= 15 is 0 Å². The predicted molar refractivity (Wildman–Crippen MR) is 89.6 cm³/mol. The van der Waals surface area contributed by atoms with Crippen LogP contribution in [0, 0.1) is 6.92 Å². The van der Waals surface area contributed by atoms with Gasteiger partial charge in [-0.1, -0.05) is 29.8 Å². The number of aromatic nitrogens is 4. The van der Waals surface area contributed by atoms with E-state index in [1.54, 1.807) is 18.6 Å². The lowest BCUT2D eigenvalue weighted by molar-refractivity contribution is 0.207. The zero-order valence-electron chi connectivity index (χ0n) is 13.2. The van der Waals surface area contributed by atoms with E-state index in [1.807, 2.05) is 31.2 Å². The Morgan fingerprint density at radius 3 is 2.50 bits per heavy atom. The fraction of sp³-hybridized carbons (Fsp3) is 0.176. The summed E-state index contributed by atoms with van der Waals surface area (Å²) in [4.78, 5) is 16.2. The fourth-order valence-corrected chi connectivity index (χ4v) is 2.13. The number of anilines is 1. The van der Waals surface area contributed by atoms with Crippen molar-refractivity contribution in [1.82, 2.24) is 19.9 Å². The minimum atomic E-state index is 0.298. The van der Waals surface area contributed by atoms with Gasteiger partial charge in [0.15, 0.2) is 0 Å². The molecule has 3 aromatic rings. The van der Waals surface area contributed by atoms with Gasteiger partial charge in [-0.05, 0) is 12.5 Å². The third-order valence-electron chi connectivity index (χ3n) is 3.29. The van der Waals surface area contributed by atoms with Gasteiger partial charge in [0.25, 0.3) is 0 Å². The van der Waals surface area contributed by atoms with Crippen molar-refractivity contribution in [3.05, 3.63) is 54.7 Å². The highest BCUT2D eigenvalue weighted by Gasteiger charge is 2.13. The number of hydrogen-bond acceptors (Lipinski definition) is 7. The molecule has 0 aliphatic rings. The number of rotatable bonds is 6. The number of nitrogen functional groups attached to an aromatic ring is 1. The molecule has 3 rings (SSSR count). The van der Waals surface area contributed by atoms with Gasteiger partial charge in [-0.15, -0.1) is 0 Å². The zero-order valence-corrected chi connectivity index (χ0v) is 13.2. The van der Waals surface area contributed by atoms with Crippen LogP contribution in [0.15, 0.2) is 49.2 Å². The Kier molecular flexibility index (Phi) is 4.81. The third-order valence-corrected chi connectivity index (χ3v) is 3.29.